The predicted octanol–water partition coefficient (Wildman–Crippen LogP) is 2.71. The number of hydrogen-bond acceptors (Lipinski definition) is 3. The fourth-order valence-electron chi connectivity index (χ4n) is 1.65. The number of anilines is 1. The van der Waals surface area contributed by atoms with Crippen molar-refractivity contribution in [2.24, 2.45) is 0 Å². The molecule has 92 valence electrons. The summed E-state index contributed by atoms with van der Waals surface area (Å²) < 4.78 is 0. The van der Waals surface area contributed by atoms with Crippen LogP contribution in [-0.2, 0) is 4.79 Å². The first-order chi connectivity index (χ1) is 8.41. The van der Waals surface area contributed by atoms with Crippen LogP contribution in [0.1, 0.15) is 27.6 Å². The smallest absolute Gasteiger partial charge is 0.221 e. The fourth-order valence-corrected chi connectivity index (χ4v) is 2.02. The van der Waals surface area contributed by atoms with Crippen LogP contribution < -0.4 is 5.32 Å². The van der Waals surface area contributed by atoms with Gasteiger partial charge >= 0.3 is 0 Å². The number of ketones is 2. The maximum Gasteiger partial charge on any atom is 0.221 e. The van der Waals surface area contributed by atoms with Crippen molar-refractivity contribution in [2.75, 3.05) is 5.32 Å². The second kappa shape index (κ2) is 4.55. The van der Waals surface area contributed by atoms with Crippen LogP contribution in [0.2, 0.25) is 0 Å². The second-order valence-electron chi connectivity index (χ2n) is 3.73. The van der Waals surface area contributed by atoms with Gasteiger partial charge in [-0.1, -0.05) is 23.2 Å². The number of nitrogens with one attached hydrogen (secondary N) is 1. The lowest BCUT2D eigenvalue weighted by molar-refractivity contribution is -0.114. The molecule has 1 amide bonds. The molecular formula is C12H7Cl2NO3. The van der Waals surface area contributed by atoms with Gasteiger partial charge in [0, 0.05) is 23.7 Å². The van der Waals surface area contributed by atoms with E-state index in [1.54, 1.807) is 0 Å². The molecule has 1 N–H and O–H groups in total. The lowest BCUT2D eigenvalue weighted by Gasteiger charge is -2.15. The number of fused-ring (bicyclic) bond motifs is 1. The minimum Gasteiger partial charge on any atom is -0.326 e. The maximum atomic E-state index is 11.9. The van der Waals surface area contributed by atoms with E-state index in [0.29, 0.717) is 5.69 Å². The Labute approximate surface area is 113 Å². The standard InChI is InChI=1S/C12H7Cl2NO3/c1-5(16)15-6-2-3-7-8(4-6)12(18)10(14)9(13)11(7)17/h2-4H,1H3,(H,15,16). The van der Waals surface area contributed by atoms with Crippen LogP contribution in [0.15, 0.2) is 28.3 Å². The van der Waals surface area contributed by atoms with Crippen LogP contribution in [0.5, 0.6) is 0 Å². The Morgan fingerprint density at radius 1 is 1.06 bits per heavy atom. The number of allylic oxidation sites excluding steroid dienone is 2. The lowest BCUT2D eigenvalue weighted by atomic mass is 9.94. The van der Waals surface area contributed by atoms with Gasteiger partial charge in [-0.25, -0.2) is 0 Å². The van der Waals surface area contributed by atoms with Crippen LogP contribution in [0.4, 0.5) is 5.69 Å². The quantitative estimate of drug-likeness (QED) is 0.862. The van der Waals surface area contributed by atoms with Gasteiger partial charge in [0.15, 0.2) is 0 Å². The van der Waals surface area contributed by atoms with Crippen LogP contribution >= 0.6 is 23.2 Å². The molecule has 0 bridgehead atoms. The van der Waals surface area contributed by atoms with Crippen molar-refractivity contribution in [3.63, 3.8) is 0 Å². The molecule has 4 nitrogen and oxygen atoms in total. The van der Waals surface area contributed by atoms with Crippen molar-refractivity contribution in [1.82, 2.24) is 0 Å². The van der Waals surface area contributed by atoms with Gasteiger partial charge in [-0.05, 0) is 18.2 Å². The average Bonchev–Trinajstić information content (AvgIpc) is 2.33. The maximum absolute atomic E-state index is 11.9. The Morgan fingerprint density at radius 3 is 2.17 bits per heavy atom. The fraction of sp³-hybridized carbons (Fsp3) is 0.0833. The molecule has 0 spiro atoms. The molecule has 0 saturated carbocycles. The summed E-state index contributed by atoms with van der Waals surface area (Å²) in [5.74, 6) is -1.29. The Morgan fingerprint density at radius 2 is 1.61 bits per heavy atom. The Hall–Kier alpha value is -1.65. The lowest BCUT2D eigenvalue weighted by Crippen LogP contribution is -2.18. The zero-order valence-electron chi connectivity index (χ0n) is 9.21. The average molecular weight is 284 g/mol. The number of halogens is 2. The number of carbonyl (C=O) groups excluding carboxylic acids is 3. The summed E-state index contributed by atoms with van der Waals surface area (Å²) in [6.45, 7) is 1.34. The van der Waals surface area contributed by atoms with Crippen molar-refractivity contribution in [2.45, 2.75) is 6.92 Å². The van der Waals surface area contributed by atoms with E-state index < -0.39 is 11.6 Å². The molecule has 1 aliphatic carbocycles. The predicted molar refractivity (Wildman–Crippen MR) is 68.1 cm³/mol. The van der Waals surface area contributed by atoms with E-state index in [1.807, 2.05) is 0 Å². The summed E-state index contributed by atoms with van der Waals surface area (Å²) in [5.41, 5.74) is 0.744. The first-order valence-electron chi connectivity index (χ1n) is 4.98. The van der Waals surface area contributed by atoms with E-state index in [9.17, 15) is 14.4 Å². The largest absolute Gasteiger partial charge is 0.326 e. The third-order valence-electron chi connectivity index (χ3n) is 2.42. The molecule has 1 aliphatic rings. The van der Waals surface area contributed by atoms with E-state index in [1.165, 1.54) is 25.1 Å². The molecule has 0 atom stereocenters. The van der Waals surface area contributed by atoms with Gasteiger partial charge in [0.1, 0.15) is 10.1 Å². The van der Waals surface area contributed by atoms with Crippen molar-refractivity contribution in [3.05, 3.63) is 39.4 Å². The Bertz CT molecular complexity index is 620. The highest BCUT2D eigenvalue weighted by atomic mass is 35.5. The molecule has 0 radical (unpaired) electrons. The second-order valence-corrected chi connectivity index (χ2v) is 4.48. The third-order valence-corrected chi connectivity index (χ3v) is 3.24. The molecule has 6 heteroatoms. The molecule has 0 unspecified atom stereocenters. The number of amides is 1. The van der Waals surface area contributed by atoms with Gasteiger partial charge in [0.25, 0.3) is 0 Å². The van der Waals surface area contributed by atoms with Crippen molar-refractivity contribution < 1.29 is 14.4 Å². The van der Waals surface area contributed by atoms with E-state index in [2.05, 4.69) is 5.32 Å². The van der Waals surface area contributed by atoms with Gasteiger partial charge in [0.2, 0.25) is 17.5 Å². The topological polar surface area (TPSA) is 63.2 Å². The van der Waals surface area contributed by atoms with Gasteiger partial charge < -0.3 is 5.32 Å². The molecule has 0 aliphatic heterocycles. The summed E-state index contributed by atoms with van der Waals surface area (Å²) in [5, 5.41) is 1.95. The number of benzene rings is 1. The van der Waals surface area contributed by atoms with Gasteiger partial charge in [-0.3, -0.25) is 14.4 Å². The molecule has 0 fully saturated rings. The minimum absolute atomic E-state index is 0.139. The summed E-state index contributed by atoms with van der Waals surface area (Å²) in [6.07, 6.45) is 0. The Kier molecular flexibility index (Phi) is 3.24. The summed E-state index contributed by atoms with van der Waals surface area (Å²) in [7, 11) is 0. The van der Waals surface area contributed by atoms with Crippen molar-refractivity contribution in [1.29, 1.82) is 0 Å². The van der Waals surface area contributed by atoms with E-state index >= 15 is 0 Å². The van der Waals surface area contributed by atoms with E-state index in [0.717, 1.165) is 0 Å². The molecule has 2 rings (SSSR count). The summed E-state index contributed by atoms with van der Waals surface area (Å²) in [6, 6.07) is 4.37. The number of Topliss-reactive ketones (excluding diaryl/α,β-unsaturated/α-hetero) is 2. The molecule has 0 aromatic heterocycles. The highest BCUT2D eigenvalue weighted by Crippen LogP contribution is 2.31. The van der Waals surface area contributed by atoms with Gasteiger partial charge in [-0.15, -0.1) is 0 Å². The number of carbonyl (C=O) groups is 3. The van der Waals surface area contributed by atoms with Gasteiger partial charge in [0.05, 0.1) is 0 Å². The molecule has 0 saturated heterocycles. The van der Waals surface area contributed by atoms with Crippen molar-refractivity contribution in [3.8, 4) is 0 Å². The number of rotatable bonds is 1. The SMILES string of the molecule is CC(=O)Nc1ccc2c(c1)C(=O)C(Cl)=C(Cl)C2=O. The first-order valence-corrected chi connectivity index (χ1v) is 5.73. The zero-order valence-corrected chi connectivity index (χ0v) is 10.7. The van der Waals surface area contributed by atoms with Crippen LogP contribution in [0.25, 0.3) is 0 Å². The summed E-state index contributed by atoms with van der Waals surface area (Å²) >= 11 is 11.4. The summed E-state index contributed by atoms with van der Waals surface area (Å²) in [4.78, 5) is 34.6. The molecule has 0 heterocycles. The van der Waals surface area contributed by atoms with Crippen molar-refractivity contribution >= 4 is 46.4 Å². The minimum atomic E-state index is -0.525. The van der Waals surface area contributed by atoms with Crippen LogP contribution in [-0.4, -0.2) is 17.5 Å². The normalized spacial score (nSPS) is 14.6. The molecule has 1 aromatic carbocycles. The van der Waals surface area contributed by atoms with E-state index in [4.69, 9.17) is 23.2 Å². The first kappa shape index (κ1) is 12.8. The van der Waals surface area contributed by atoms with Gasteiger partial charge in [-0.2, -0.15) is 0 Å². The highest BCUT2D eigenvalue weighted by molar-refractivity contribution is 6.59. The third kappa shape index (κ3) is 2.05. The molecule has 18 heavy (non-hydrogen) atoms. The highest BCUT2D eigenvalue weighted by Gasteiger charge is 2.30. The zero-order chi connectivity index (χ0) is 13.4. The Balaban J connectivity index is 2.54. The van der Waals surface area contributed by atoms with Crippen LogP contribution in [0.3, 0.4) is 0 Å². The molecular weight excluding hydrogens is 277 g/mol. The monoisotopic (exact) mass is 283 g/mol. The molecule has 1 aromatic rings. The number of hydrogen-bond donors (Lipinski definition) is 1. The van der Waals surface area contributed by atoms with E-state index in [-0.39, 0.29) is 27.1 Å². The van der Waals surface area contributed by atoms with Crippen LogP contribution in [0, 0.1) is 0 Å².